The van der Waals surface area contributed by atoms with Crippen molar-refractivity contribution in [3.63, 3.8) is 0 Å². The number of H-pyrrole nitrogens is 1. The van der Waals surface area contributed by atoms with Crippen LogP contribution in [0.5, 0.6) is 0 Å². The van der Waals surface area contributed by atoms with Gasteiger partial charge in [-0.05, 0) is 49.7 Å². The highest BCUT2D eigenvalue weighted by atomic mass is 35.5. The van der Waals surface area contributed by atoms with Gasteiger partial charge in [-0.1, -0.05) is 25.4 Å². The average Bonchev–Trinajstić information content (AvgIpc) is 3.04. The number of aromatic amines is 1. The molecule has 2 aromatic heterocycles. The van der Waals surface area contributed by atoms with E-state index in [1.54, 1.807) is 12.4 Å². The number of fused-ring (bicyclic) bond motifs is 3. The average molecular weight is 458 g/mol. The standard InChI is InChI=1S/C24H25ClFN3O3/c1-13(2)32-23(31)17-11-29(22(30)15-8-7-14(26)10-18(15)25)12-24(3,4)19-16-6-5-9-27-21(16)28-20(17)19/h5-11,13,23,31H,12H2,1-4H3,(H,27,28). The number of hydrogen-bond acceptors (Lipinski definition) is 4. The monoisotopic (exact) mass is 457 g/mol. The highest BCUT2D eigenvalue weighted by molar-refractivity contribution is 6.33. The van der Waals surface area contributed by atoms with Crippen LogP contribution in [0.1, 0.15) is 49.3 Å². The minimum atomic E-state index is -1.28. The molecule has 3 heterocycles. The van der Waals surface area contributed by atoms with Gasteiger partial charge in [0.2, 0.25) is 0 Å². The molecule has 1 unspecified atom stereocenters. The third-order valence-corrected chi connectivity index (χ3v) is 5.80. The number of pyridine rings is 1. The second-order valence-corrected chi connectivity index (χ2v) is 9.24. The predicted octanol–water partition coefficient (Wildman–Crippen LogP) is 4.87. The van der Waals surface area contributed by atoms with Gasteiger partial charge in [0.1, 0.15) is 11.5 Å². The first-order valence-corrected chi connectivity index (χ1v) is 10.7. The molecule has 0 saturated carbocycles. The fourth-order valence-electron chi connectivity index (χ4n) is 4.19. The van der Waals surface area contributed by atoms with E-state index in [1.165, 1.54) is 17.0 Å². The first-order chi connectivity index (χ1) is 15.1. The molecule has 1 aliphatic heterocycles. The van der Waals surface area contributed by atoms with E-state index < -0.39 is 23.4 Å². The number of aliphatic hydroxyl groups is 1. The smallest absolute Gasteiger partial charge is 0.259 e. The van der Waals surface area contributed by atoms with Crippen molar-refractivity contribution >= 4 is 34.1 Å². The molecule has 0 aliphatic carbocycles. The molecular weight excluding hydrogens is 433 g/mol. The van der Waals surface area contributed by atoms with E-state index >= 15 is 0 Å². The lowest BCUT2D eigenvalue weighted by atomic mass is 9.82. The molecule has 1 atom stereocenters. The molecule has 1 aromatic carbocycles. The summed E-state index contributed by atoms with van der Waals surface area (Å²) in [5.41, 5.74) is 2.35. The van der Waals surface area contributed by atoms with Crippen LogP contribution in [-0.4, -0.2) is 44.8 Å². The zero-order valence-electron chi connectivity index (χ0n) is 18.3. The van der Waals surface area contributed by atoms with Gasteiger partial charge in [-0.25, -0.2) is 9.37 Å². The van der Waals surface area contributed by atoms with Crippen LogP contribution in [0.15, 0.2) is 42.7 Å². The summed E-state index contributed by atoms with van der Waals surface area (Å²) >= 11 is 6.17. The summed E-state index contributed by atoms with van der Waals surface area (Å²) in [5, 5.41) is 11.9. The summed E-state index contributed by atoms with van der Waals surface area (Å²) in [5.74, 6) is -0.918. The Morgan fingerprint density at radius 3 is 2.78 bits per heavy atom. The van der Waals surface area contributed by atoms with Crippen molar-refractivity contribution in [1.82, 2.24) is 14.9 Å². The second kappa shape index (κ2) is 8.31. The van der Waals surface area contributed by atoms with Gasteiger partial charge in [-0.15, -0.1) is 0 Å². The molecule has 0 saturated heterocycles. The Labute approximate surface area is 190 Å². The summed E-state index contributed by atoms with van der Waals surface area (Å²) in [6.45, 7) is 7.97. The number of aromatic nitrogens is 2. The number of rotatable bonds is 4. The SMILES string of the molecule is CC(C)OC(O)C1=CN(C(=O)c2ccc(F)cc2Cl)CC(C)(C)c2c1[nH]c1ncccc21. The van der Waals surface area contributed by atoms with E-state index in [-0.39, 0.29) is 16.7 Å². The first kappa shape index (κ1) is 22.5. The molecule has 0 spiro atoms. The molecule has 6 nitrogen and oxygen atoms in total. The van der Waals surface area contributed by atoms with E-state index in [2.05, 4.69) is 9.97 Å². The Hall–Kier alpha value is -2.74. The predicted molar refractivity (Wildman–Crippen MR) is 122 cm³/mol. The van der Waals surface area contributed by atoms with Crippen molar-refractivity contribution in [3.8, 4) is 0 Å². The Bertz CT molecular complexity index is 1220. The minimum absolute atomic E-state index is 0.0270. The molecule has 0 fully saturated rings. The number of hydrogen-bond donors (Lipinski definition) is 2. The summed E-state index contributed by atoms with van der Waals surface area (Å²) in [4.78, 5) is 22.6. The second-order valence-electron chi connectivity index (χ2n) is 8.84. The largest absolute Gasteiger partial charge is 0.364 e. The van der Waals surface area contributed by atoms with Crippen molar-refractivity contribution in [2.24, 2.45) is 0 Å². The number of aliphatic hydroxyl groups excluding tert-OH is 1. The first-order valence-electron chi connectivity index (χ1n) is 10.4. The van der Waals surface area contributed by atoms with Gasteiger partial charge < -0.3 is 19.7 Å². The fourth-order valence-corrected chi connectivity index (χ4v) is 4.44. The van der Waals surface area contributed by atoms with Crippen LogP contribution in [0, 0.1) is 5.82 Å². The summed E-state index contributed by atoms with van der Waals surface area (Å²) < 4.78 is 19.2. The third-order valence-electron chi connectivity index (χ3n) is 5.49. The van der Waals surface area contributed by atoms with Crippen molar-refractivity contribution in [3.05, 3.63) is 70.4 Å². The molecule has 4 rings (SSSR count). The Morgan fingerprint density at radius 2 is 2.09 bits per heavy atom. The Balaban J connectivity index is 1.89. The van der Waals surface area contributed by atoms with Gasteiger partial charge in [0.15, 0.2) is 6.29 Å². The lowest BCUT2D eigenvalue weighted by Crippen LogP contribution is -2.37. The van der Waals surface area contributed by atoms with Crippen molar-refractivity contribution in [1.29, 1.82) is 0 Å². The quantitative estimate of drug-likeness (QED) is 0.548. The molecule has 168 valence electrons. The van der Waals surface area contributed by atoms with Gasteiger partial charge in [0.05, 0.1) is 22.4 Å². The molecule has 3 aromatic rings. The van der Waals surface area contributed by atoms with Crippen LogP contribution in [0.25, 0.3) is 16.6 Å². The fraction of sp³-hybridized carbons (Fsp3) is 0.333. The van der Waals surface area contributed by atoms with Crippen molar-refractivity contribution in [2.45, 2.75) is 45.5 Å². The van der Waals surface area contributed by atoms with E-state index in [0.29, 0.717) is 23.5 Å². The lowest BCUT2D eigenvalue weighted by molar-refractivity contribution is -0.0859. The van der Waals surface area contributed by atoms with Crippen LogP contribution in [0.4, 0.5) is 4.39 Å². The molecular formula is C24H25ClFN3O3. The zero-order chi connectivity index (χ0) is 23.2. The maximum absolute atomic E-state index is 13.5. The lowest BCUT2D eigenvalue weighted by Gasteiger charge is -2.29. The Kier molecular flexibility index (Phi) is 5.83. The number of nitrogens with one attached hydrogen (secondary N) is 1. The zero-order valence-corrected chi connectivity index (χ0v) is 19.1. The molecule has 32 heavy (non-hydrogen) atoms. The van der Waals surface area contributed by atoms with Crippen molar-refractivity contribution in [2.75, 3.05) is 6.54 Å². The van der Waals surface area contributed by atoms with E-state index in [4.69, 9.17) is 16.3 Å². The topological polar surface area (TPSA) is 78.5 Å². The number of nitrogens with zero attached hydrogens (tertiary/aromatic N) is 2. The Morgan fingerprint density at radius 1 is 1.34 bits per heavy atom. The number of amides is 1. The summed E-state index contributed by atoms with van der Waals surface area (Å²) in [7, 11) is 0. The number of carbonyl (C=O) groups excluding carboxylic acids is 1. The highest BCUT2D eigenvalue weighted by Crippen LogP contribution is 2.41. The maximum Gasteiger partial charge on any atom is 0.259 e. The van der Waals surface area contributed by atoms with Crippen LogP contribution in [0.3, 0.4) is 0 Å². The molecule has 8 heteroatoms. The summed E-state index contributed by atoms with van der Waals surface area (Å²) in [6.07, 6.45) is 1.75. The normalized spacial score (nSPS) is 16.6. The number of carbonyl (C=O) groups is 1. The minimum Gasteiger partial charge on any atom is -0.364 e. The third kappa shape index (κ3) is 4.03. The molecule has 1 amide bonds. The van der Waals surface area contributed by atoms with Gasteiger partial charge in [-0.3, -0.25) is 4.79 Å². The van der Waals surface area contributed by atoms with Gasteiger partial charge in [0.25, 0.3) is 5.91 Å². The highest BCUT2D eigenvalue weighted by Gasteiger charge is 2.37. The number of halogens is 2. The number of benzene rings is 1. The number of ether oxygens (including phenoxy) is 1. The van der Waals surface area contributed by atoms with Gasteiger partial charge in [0, 0.05) is 35.3 Å². The molecule has 0 radical (unpaired) electrons. The van der Waals surface area contributed by atoms with Crippen molar-refractivity contribution < 1.29 is 19.0 Å². The van der Waals surface area contributed by atoms with E-state index in [9.17, 15) is 14.3 Å². The van der Waals surface area contributed by atoms with E-state index in [0.717, 1.165) is 17.0 Å². The van der Waals surface area contributed by atoms with Gasteiger partial charge >= 0.3 is 0 Å². The van der Waals surface area contributed by atoms with Crippen LogP contribution >= 0.6 is 11.6 Å². The van der Waals surface area contributed by atoms with Crippen LogP contribution < -0.4 is 0 Å². The molecule has 1 aliphatic rings. The van der Waals surface area contributed by atoms with Crippen LogP contribution in [0.2, 0.25) is 5.02 Å². The summed E-state index contributed by atoms with van der Waals surface area (Å²) in [6, 6.07) is 7.49. The van der Waals surface area contributed by atoms with E-state index in [1.807, 2.05) is 39.8 Å². The molecule has 2 N–H and O–H groups in total. The van der Waals surface area contributed by atoms with Crippen LogP contribution in [-0.2, 0) is 10.2 Å². The maximum atomic E-state index is 13.5. The van der Waals surface area contributed by atoms with Gasteiger partial charge in [-0.2, -0.15) is 0 Å². The molecule has 0 bridgehead atoms.